The molecule has 2 heterocycles. The topological polar surface area (TPSA) is 206 Å². The van der Waals surface area contributed by atoms with Crippen LogP contribution in [0.4, 0.5) is 0 Å². The first kappa shape index (κ1) is 31.8. The summed E-state index contributed by atoms with van der Waals surface area (Å²) in [6.45, 7) is -1.30. The van der Waals surface area contributed by atoms with Gasteiger partial charge in [-0.25, -0.2) is 0 Å². The van der Waals surface area contributed by atoms with Crippen molar-refractivity contribution < 1.29 is 68.9 Å². The molecule has 0 saturated carbocycles. The molecule has 234 valence electrons. The summed E-state index contributed by atoms with van der Waals surface area (Å²) in [4.78, 5) is 0. The van der Waals surface area contributed by atoms with E-state index < -0.39 is 61.4 Å². The summed E-state index contributed by atoms with van der Waals surface area (Å²) >= 11 is 0. The molecule has 0 bridgehead atoms. The number of aliphatic hydroxyl groups is 6. The number of benzene rings is 2. The summed E-state index contributed by atoms with van der Waals surface area (Å²) < 4.78 is 39.4. The molecule has 2 aliphatic heterocycles. The number of phenolic OH excluding ortho intramolecular Hbond substituents is 1. The Balaban J connectivity index is 1.70. The van der Waals surface area contributed by atoms with Gasteiger partial charge in [0.2, 0.25) is 17.8 Å². The van der Waals surface area contributed by atoms with Crippen LogP contribution < -0.4 is 23.7 Å². The third-order valence-electron chi connectivity index (χ3n) is 7.77. The Morgan fingerprint density at radius 3 is 1.48 bits per heavy atom. The van der Waals surface area contributed by atoms with Crippen LogP contribution in [0.25, 0.3) is 0 Å². The molecule has 2 aromatic rings. The standard InChI is InChI=1S/C28H38O14/c1-36-16-5-12(6-17(37-2)21(16)32)25-14(9-29)15(10-30)26(41-25)13-7-18(38-3)27(19(8-13)39-4)42-28-24(35)23(34)22(33)20(11-31)40-28/h5-8,14-15,20,22-26,28-35H,9-11H2,1-4H3/t14-,15-,20+,22+,23-,24+,25+,26+,28-/m0/s1. The van der Waals surface area contributed by atoms with Gasteiger partial charge in [0.05, 0.1) is 47.3 Å². The number of aromatic hydroxyl groups is 1. The first-order valence-electron chi connectivity index (χ1n) is 13.2. The van der Waals surface area contributed by atoms with Gasteiger partial charge in [-0.05, 0) is 35.4 Å². The van der Waals surface area contributed by atoms with E-state index in [-0.39, 0.29) is 47.7 Å². The molecule has 9 atom stereocenters. The fourth-order valence-corrected chi connectivity index (χ4v) is 5.46. The minimum atomic E-state index is -1.67. The fourth-order valence-electron chi connectivity index (χ4n) is 5.46. The minimum Gasteiger partial charge on any atom is -0.502 e. The number of hydrogen-bond acceptors (Lipinski definition) is 14. The molecule has 0 aliphatic carbocycles. The lowest BCUT2D eigenvalue weighted by Gasteiger charge is -2.39. The third-order valence-corrected chi connectivity index (χ3v) is 7.77. The van der Waals surface area contributed by atoms with Gasteiger partial charge >= 0.3 is 0 Å². The smallest absolute Gasteiger partial charge is 0.229 e. The van der Waals surface area contributed by atoms with Gasteiger partial charge in [0, 0.05) is 25.0 Å². The van der Waals surface area contributed by atoms with Crippen molar-refractivity contribution in [3.05, 3.63) is 35.4 Å². The Kier molecular flexibility index (Phi) is 10.2. The molecular weight excluding hydrogens is 560 g/mol. The lowest BCUT2D eigenvalue weighted by atomic mass is 9.83. The van der Waals surface area contributed by atoms with E-state index in [0.29, 0.717) is 11.1 Å². The van der Waals surface area contributed by atoms with Gasteiger partial charge in [-0.15, -0.1) is 0 Å². The molecule has 0 spiro atoms. The minimum absolute atomic E-state index is 0.00473. The zero-order valence-electron chi connectivity index (χ0n) is 23.6. The first-order chi connectivity index (χ1) is 20.2. The van der Waals surface area contributed by atoms with Crippen LogP contribution in [-0.4, -0.2) is 115 Å². The van der Waals surface area contributed by atoms with Crippen LogP contribution in [0.1, 0.15) is 23.3 Å². The van der Waals surface area contributed by atoms with E-state index >= 15 is 0 Å². The number of aliphatic hydroxyl groups excluding tert-OH is 6. The summed E-state index contributed by atoms with van der Waals surface area (Å²) in [7, 11) is 5.52. The van der Waals surface area contributed by atoms with E-state index in [1.807, 2.05) is 0 Å². The zero-order chi connectivity index (χ0) is 30.7. The van der Waals surface area contributed by atoms with E-state index in [2.05, 4.69) is 0 Å². The maximum atomic E-state index is 10.5. The monoisotopic (exact) mass is 598 g/mol. The summed E-state index contributed by atoms with van der Waals surface area (Å²) in [6.07, 6.45) is -9.07. The summed E-state index contributed by atoms with van der Waals surface area (Å²) in [5, 5.41) is 71.3. The second-order valence-electron chi connectivity index (χ2n) is 10.0. The van der Waals surface area contributed by atoms with Crippen LogP contribution >= 0.6 is 0 Å². The zero-order valence-corrected chi connectivity index (χ0v) is 23.6. The average Bonchev–Trinajstić information content (AvgIpc) is 3.39. The van der Waals surface area contributed by atoms with Crippen molar-refractivity contribution in [1.82, 2.24) is 0 Å². The van der Waals surface area contributed by atoms with E-state index in [4.69, 9.17) is 33.2 Å². The Morgan fingerprint density at radius 1 is 0.619 bits per heavy atom. The van der Waals surface area contributed by atoms with E-state index in [9.17, 15) is 35.7 Å². The van der Waals surface area contributed by atoms with Gasteiger partial charge in [-0.2, -0.15) is 0 Å². The first-order valence-corrected chi connectivity index (χ1v) is 13.2. The quantitative estimate of drug-likeness (QED) is 0.176. The summed E-state index contributed by atoms with van der Waals surface area (Å²) in [5.74, 6) is -0.814. The molecule has 4 rings (SSSR count). The molecule has 7 N–H and O–H groups in total. The number of methoxy groups -OCH3 is 4. The molecule has 2 saturated heterocycles. The van der Waals surface area contributed by atoms with Crippen LogP contribution in [0.3, 0.4) is 0 Å². The van der Waals surface area contributed by atoms with Crippen LogP contribution in [0.15, 0.2) is 24.3 Å². The molecule has 0 amide bonds. The van der Waals surface area contributed by atoms with Crippen LogP contribution in [0, 0.1) is 11.8 Å². The Hall–Kier alpha value is -3.08. The Bertz CT molecular complexity index is 1160. The molecule has 0 unspecified atom stereocenters. The van der Waals surface area contributed by atoms with Crippen molar-refractivity contribution in [2.24, 2.45) is 11.8 Å². The third kappa shape index (κ3) is 5.76. The number of ether oxygens (including phenoxy) is 7. The van der Waals surface area contributed by atoms with Crippen molar-refractivity contribution in [2.45, 2.75) is 42.9 Å². The van der Waals surface area contributed by atoms with Gasteiger partial charge in [0.1, 0.15) is 24.4 Å². The van der Waals surface area contributed by atoms with Gasteiger partial charge in [0.25, 0.3) is 0 Å². The molecule has 2 aliphatic rings. The second-order valence-corrected chi connectivity index (χ2v) is 10.0. The predicted molar refractivity (Wildman–Crippen MR) is 143 cm³/mol. The van der Waals surface area contributed by atoms with Crippen molar-refractivity contribution in [1.29, 1.82) is 0 Å². The molecule has 42 heavy (non-hydrogen) atoms. The number of hydrogen-bond donors (Lipinski definition) is 7. The van der Waals surface area contributed by atoms with Crippen molar-refractivity contribution >= 4 is 0 Å². The molecular formula is C28H38O14. The number of rotatable bonds is 11. The van der Waals surface area contributed by atoms with Crippen LogP contribution in [-0.2, 0) is 9.47 Å². The van der Waals surface area contributed by atoms with Gasteiger partial charge in [-0.1, -0.05) is 0 Å². The van der Waals surface area contributed by atoms with E-state index in [1.54, 1.807) is 24.3 Å². The predicted octanol–water partition coefficient (Wildman–Crippen LogP) is -0.365. The normalized spacial score (nSPS) is 31.0. The van der Waals surface area contributed by atoms with Gasteiger partial charge in [0.15, 0.2) is 23.0 Å². The molecule has 0 aromatic heterocycles. The Morgan fingerprint density at radius 2 is 1.07 bits per heavy atom. The fraction of sp³-hybridized carbons (Fsp3) is 0.571. The molecule has 14 heteroatoms. The highest BCUT2D eigenvalue weighted by atomic mass is 16.7. The Labute approximate surface area is 242 Å². The lowest BCUT2D eigenvalue weighted by Crippen LogP contribution is -2.60. The largest absolute Gasteiger partial charge is 0.502 e. The highest BCUT2D eigenvalue weighted by Crippen LogP contribution is 2.53. The maximum absolute atomic E-state index is 10.5. The number of phenols is 1. The van der Waals surface area contributed by atoms with Crippen molar-refractivity contribution in [2.75, 3.05) is 48.3 Å². The summed E-state index contributed by atoms with van der Waals surface area (Å²) in [6, 6.07) is 6.29. The van der Waals surface area contributed by atoms with Crippen molar-refractivity contribution in [3.63, 3.8) is 0 Å². The molecule has 2 aromatic carbocycles. The molecule has 0 radical (unpaired) electrons. The SMILES string of the molecule is COc1cc([C@H]2O[C@H](c3cc(OC)c(O[C@@H]4O[C@H](CO)[C@@H](O)[C@H](O)[C@H]4O)c(OC)c3)[C@@H](CO)[C@@H]2CO)cc(OC)c1O. The van der Waals surface area contributed by atoms with Gasteiger partial charge in [-0.3, -0.25) is 0 Å². The van der Waals surface area contributed by atoms with E-state index in [0.717, 1.165) is 0 Å². The molecule has 14 nitrogen and oxygen atoms in total. The average molecular weight is 599 g/mol. The highest BCUT2D eigenvalue weighted by molar-refractivity contribution is 5.55. The molecule has 2 fully saturated rings. The maximum Gasteiger partial charge on any atom is 0.229 e. The summed E-state index contributed by atoms with van der Waals surface area (Å²) in [5.41, 5.74) is 1.05. The van der Waals surface area contributed by atoms with Crippen molar-refractivity contribution in [3.8, 4) is 34.5 Å². The second kappa shape index (κ2) is 13.5. The van der Waals surface area contributed by atoms with Crippen LogP contribution in [0.5, 0.6) is 34.5 Å². The highest BCUT2D eigenvalue weighted by Gasteiger charge is 2.47. The van der Waals surface area contributed by atoms with E-state index in [1.165, 1.54) is 28.4 Å². The van der Waals surface area contributed by atoms with Crippen LogP contribution in [0.2, 0.25) is 0 Å². The lowest BCUT2D eigenvalue weighted by molar-refractivity contribution is -0.277. The van der Waals surface area contributed by atoms with Gasteiger partial charge < -0.3 is 68.9 Å².